The first-order chi connectivity index (χ1) is 8.73. The summed E-state index contributed by atoms with van der Waals surface area (Å²) in [6, 6.07) is 0. The van der Waals surface area contributed by atoms with Crippen molar-refractivity contribution >= 4 is 10.0 Å². The highest BCUT2D eigenvalue weighted by Gasteiger charge is 2.20. The molecule has 19 heavy (non-hydrogen) atoms. The van der Waals surface area contributed by atoms with Gasteiger partial charge >= 0.3 is 0 Å². The van der Waals surface area contributed by atoms with Gasteiger partial charge in [-0.2, -0.15) is 5.10 Å². The van der Waals surface area contributed by atoms with Crippen LogP contribution in [0.4, 0.5) is 0 Å². The minimum atomic E-state index is -3.71. The van der Waals surface area contributed by atoms with Crippen molar-refractivity contribution in [3.8, 4) is 0 Å². The molecule has 110 valence electrons. The zero-order chi connectivity index (χ0) is 14.6. The SMILES string of the molecule is Cc1nn(CCOCCC(C)C)c(C)c1S(N)(=O)=O. The van der Waals surface area contributed by atoms with E-state index in [0.717, 1.165) is 6.42 Å². The predicted octanol–water partition coefficient (Wildman–Crippen LogP) is 1.21. The average molecular weight is 289 g/mol. The third-order valence-electron chi connectivity index (χ3n) is 2.89. The van der Waals surface area contributed by atoms with Gasteiger partial charge in [-0.1, -0.05) is 13.8 Å². The quantitative estimate of drug-likeness (QED) is 0.764. The Balaban J connectivity index is 2.61. The second-order valence-corrected chi connectivity index (χ2v) is 6.56. The van der Waals surface area contributed by atoms with Gasteiger partial charge < -0.3 is 4.74 Å². The summed E-state index contributed by atoms with van der Waals surface area (Å²) >= 11 is 0. The van der Waals surface area contributed by atoms with E-state index >= 15 is 0 Å². The maximum atomic E-state index is 11.4. The van der Waals surface area contributed by atoms with E-state index in [9.17, 15) is 8.42 Å². The number of rotatable bonds is 7. The number of ether oxygens (including phenoxy) is 1. The summed E-state index contributed by atoms with van der Waals surface area (Å²) < 4.78 is 30.0. The molecule has 0 unspecified atom stereocenters. The minimum Gasteiger partial charge on any atom is -0.380 e. The van der Waals surface area contributed by atoms with Crippen LogP contribution in [0.1, 0.15) is 31.7 Å². The summed E-state index contributed by atoms with van der Waals surface area (Å²) in [5.74, 6) is 0.614. The molecule has 0 aliphatic rings. The van der Waals surface area contributed by atoms with E-state index in [2.05, 4.69) is 18.9 Å². The molecule has 7 heteroatoms. The molecule has 0 bridgehead atoms. The van der Waals surface area contributed by atoms with Crippen molar-refractivity contribution < 1.29 is 13.2 Å². The zero-order valence-electron chi connectivity index (χ0n) is 12.0. The summed E-state index contributed by atoms with van der Waals surface area (Å²) in [4.78, 5) is 0.120. The number of aromatic nitrogens is 2. The third kappa shape index (κ3) is 4.59. The fourth-order valence-electron chi connectivity index (χ4n) is 1.88. The molecule has 0 aromatic carbocycles. The van der Waals surface area contributed by atoms with Crippen molar-refractivity contribution in [3.63, 3.8) is 0 Å². The van der Waals surface area contributed by atoms with Crippen LogP contribution < -0.4 is 5.14 Å². The van der Waals surface area contributed by atoms with Gasteiger partial charge in [0.25, 0.3) is 0 Å². The fourth-order valence-corrected chi connectivity index (χ4v) is 2.85. The number of aryl methyl sites for hydroxylation is 1. The van der Waals surface area contributed by atoms with Gasteiger partial charge in [0.1, 0.15) is 4.90 Å². The molecule has 2 N–H and O–H groups in total. The Kier molecular flexibility index (Phi) is 5.51. The minimum absolute atomic E-state index is 0.120. The summed E-state index contributed by atoms with van der Waals surface area (Å²) in [7, 11) is -3.71. The lowest BCUT2D eigenvalue weighted by atomic mass is 10.1. The largest absolute Gasteiger partial charge is 0.380 e. The lowest BCUT2D eigenvalue weighted by molar-refractivity contribution is 0.113. The van der Waals surface area contributed by atoms with E-state index < -0.39 is 10.0 Å². The number of sulfonamides is 1. The number of hydrogen-bond donors (Lipinski definition) is 1. The van der Waals surface area contributed by atoms with Crippen LogP contribution in [0.3, 0.4) is 0 Å². The van der Waals surface area contributed by atoms with E-state index in [1.807, 2.05) is 0 Å². The Bertz CT molecular complexity index is 521. The lowest BCUT2D eigenvalue weighted by Gasteiger charge is -2.08. The van der Waals surface area contributed by atoms with Crippen molar-refractivity contribution in [2.45, 2.75) is 45.6 Å². The molecule has 0 aliphatic heterocycles. The summed E-state index contributed by atoms with van der Waals surface area (Å²) in [6.07, 6.45) is 1.01. The second-order valence-electron chi connectivity index (χ2n) is 5.06. The standard InChI is InChI=1S/C12H23N3O3S/c1-9(2)5-7-18-8-6-15-11(4)12(10(3)14-15)19(13,16)17/h9H,5-8H2,1-4H3,(H2,13,16,17). The van der Waals surface area contributed by atoms with Crippen LogP contribution in [0.15, 0.2) is 4.90 Å². The van der Waals surface area contributed by atoms with Gasteiger partial charge in [0.15, 0.2) is 0 Å². The molecule has 0 fully saturated rings. The first-order valence-corrected chi connectivity index (χ1v) is 7.92. The summed E-state index contributed by atoms with van der Waals surface area (Å²) in [6.45, 7) is 9.38. The molecule has 1 rings (SSSR count). The van der Waals surface area contributed by atoms with Crippen molar-refractivity contribution in [3.05, 3.63) is 11.4 Å². The maximum absolute atomic E-state index is 11.4. The van der Waals surface area contributed by atoms with E-state index in [-0.39, 0.29) is 4.90 Å². The van der Waals surface area contributed by atoms with Crippen LogP contribution in [-0.2, 0) is 21.3 Å². The smallest absolute Gasteiger partial charge is 0.241 e. The number of nitrogens with zero attached hydrogens (tertiary/aromatic N) is 2. The van der Waals surface area contributed by atoms with E-state index in [4.69, 9.17) is 9.88 Å². The molecule has 0 radical (unpaired) electrons. The zero-order valence-corrected chi connectivity index (χ0v) is 12.8. The Morgan fingerprint density at radius 2 is 1.95 bits per heavy atom. The molecule has 1 aromatic rings. The average Bonchev–Trinajstić information content (AvgIpc) is 2.52. The van der Waals surface area contributed by atoms with Gasteiger partial charge in [-0.25, -0.2) is 13.6 Å². The van der Waals surface area contributed by atoms with Gasteiger partial charge in [0, 0.05) is 6.61 Å². The Hall–Kier alpha value is -0.920. The van der Waals surface area contributed by atoms with Crippen LogP contribution in [0.25, 0.3) is 0 Å². The Morgan fingerprint density at radius 3 is 2.42 bits per heavy atom. The van der Waals surface area contributed by atoms with Crippen LogP contribution >= 0.6 is 0 Å². The third-order valence-corrected chi connectivity index (χ3v) is 4.05. The summed E-state index contributed by atoms with van der Waals surface area (Å²) in [5.41, 5.74) is 0.995. The normalized spacial score (nSPS) is 12.3. The van der Waals surface area contributed by atoms with Gasteiger partial charge in [-0.3, -0.25) is 4.68 Å². The Morgan fingerprint density at radius 1 is 1.32 bits per heavy atom. The van der Waals surface area contributed by atoms with Crippen LogP contribution in [0.2, 0.25) is 0 Å². The monoisotopic (exact) mass is 289 g/mol. The number of hydrogen-bond acceptors (Lipinski definition) is 4. The maximum Gasteiger partial charge on any atom is 0.241 e. The van der Waals surface area contributed by atoms with Gasteiger partial charge in [-0.15, -0.1) is 0 Å². The number of nitrogens with two attached hydrogens (primary N) is 1. The van der Waals surface area contributed by atoms with Crippen LogP contribution in [0, 0.1) is 19.8 Å². The second kappa shape index (κ2) is 6.49. The van der Waals surface area contributed by atoms with Crippen molar-refractivity contribution in [1.82, 2.24) is 9.78 Å². The molecule has 0 saturated carbocycles. The molecule has 0 aliphatic carbocycles. The number of primary sulfonamides is 1. The van der Waals surface area contributed by atoms with E-state index in [1.165, 1.54) is 0 Å². The molecule has 6 nitrogen and oxygen atoms in total. The lowest BCUT2D eigenvalue weighted by Crippen LogP contribution is -2.15. The van der Waals surface area contributed by atoms with Gasteiger partial charge in [0.05, 0.1) is 24.5 Å². The molecule has 1 heterocycles. The molecular weight excluding hydrogens is 266 g/mol. The van der Waals surface area contributed by atoms with Crippen molar-refractivity contribution in [1.29, 1.82) is 0 Å². The summed E-state index contributed by atoms with van der Waals surface area (Å²) in [5, 5.41) is 9.36. The molecule has 0 saturated heterocycles. The fraction of sp³-hybridized carbons (Fsp3) is 0.750. The molecule has 0 spiro atoms. The van der Waals surface area contributed by atoms with Crippen LogP contribution in [0.5, 0.6) is 0 Å². The highest BCUT2D eigenvalue weighted by Crippen LogP contribution is 2.17. The molecule has 0 atom stereocenters. The Labute approximate surface area is 115 Å². The predicted molar refractivity (Wildman–Crippen MR) is 73.3 cm³/mol. The van der Waals surface area contributed by atoms with E-state index in [0.29, 0.717) is 37.1 Å². The highest BCUT2D eigenvalue weighted by atomic mass is 32.2. The van der Waals surface area contributed by atoms with E-state index in [1.54, 1.807) is 18.5 Å². The first kappa shape index (κ1) is 16.1. The van der Waals surface area contributed by atoms with Crippen molar-refractivity contribution in [2.24, 2.45) is 11.1 Å². The first-order valence-electron chi connectivity index (χ1n) is 6.38. The topological polar surface area (TPSA) is 87.2 Å². The molecule has 0 amide bonds. The van der Waals surface area contributed by atoms with Gasteiger partial charge in [-0.05, 0) is 26.2 Å². The molecule has 1 aromatic heterocycles. The molecular formula is C12H23N3O3S. The van der Waals surface area contributed by atoms with Crippen LogP contribution in [-0.4, -0.2) is 31.4 Å². The van der Waals surface area contributed by atoms with Crippen molar-refractivity contribution in [2.75, 3.05) is 13.2 Å². The van der Waals surface area contributed by atoms with Gasteiger partial charge in [0.2, 0.25) is 10.0 Å². The highest BCUT2D eigenvalue weighted by molar-refractivity contribution is 7.89.